The number of aromatic nitrogens is 4. The lowest BCUT2D eigenvalue weighted by atomic mass is 10.3. The molecule has 0 saturated carbocycles. The predicted octanol–water partition coefficient (Wildman–Crippen LogP) is 2.63. The van der Waals surface area contributed by atoms with Crippen LogP contribution in [0.3, 0.4) is 0 Å². The number of anilines is 1. The maximum absolute atomic E-state index is 5.92. The van der Waals surface area contributed by atoms with E-state index in [9.17, 15) is 0 Å². The van der Waals surface area contributed by atoms with Crippen molar-refractivity contribution in [2.75, 3.05) is 18.0 Å². The minimum absolute atomic E-state index is 0.256. The molecule has 2 heterocycles. The van der Waals surface area contributed by atoms with Gasteiger partial charge in [0, 0.05) is 13.1 Å². The van der Waals surface area contributed by atoms with E-state index < -0.39 is 0 Å². The summed E-state index contributed by atoms with van der Waals surface area (Å²) < 4.78 is 0. The molecule has 0 saturated heterocycles. The van der Waals surface area contributed by atoms with Crippen molar-refractivity contribution >= 4 is 28.5 Å². The fourth-order valence-corrected chi connectivity index (χ4v) is 1.96. The maximum atomic E-state index is 5.92. The van der Waals surface area contributed by atoms with Crippen LogP contribution in [0.25, 0.3) is 11.0 Å². The SMILES string of the molecule is CCCCN(CC)c1nc(Cl)nc2[nH]ncc12. The highest BCUT2D eigenvalue weighted by Crippen LogP contribution is 2.23. The Labute approximate surface area is 105 Å². The second kappa shape index (κ2) is 5.31. The first-order chi connectivity index (χ1) is 8.26. The van der Waals surface area contributed by atoms with Gasteiger partial charge in [-0.3, -0.25) is 5.10 Å². The van der Waals surface area contributed by atoms with Crippen LogP contribution in [-0.4, -0.2) is 33.3 Å². The molecule has 0 bridgehead atoms. The third-order valence-corrected chi connectivity index (χ3v) is 2.89. The zero-order chi connectivity index (χ0) is 12.3. The number of fused-ring (bicyclic) bond motifs is 1. The molecule has 0 spiro atoms. The lowest BCUT2D eigenvalue weighted by Crippen LogP contribution is -2.25. The number of hydrogen-bond donors (Lipinski definition) is 1. The number of H-pyrrole nitrogens is 1. The van der Waals surface area contributed by atoms with Crippen LogP contribution < -0.4 is 4.90 Å². The first-order valence-electron chi connectivity index (χ1n) is 5.87. The second-order valence-corrected chi connectivity index (χ2v) is 4.22. The summed E-state index contributed by atoms with van der Waals surface area (Å²) in [4.78, 5) is 10.6. The summed E-state index contributed by atoms with van der Waals surface area (Å²) in [7, 11) is 0. The van der Waals surface area contributed by atoms with Gasteiger partial charge in [-0.2, -0.15) is 15.1 Å². The first-order valence-corrected chi connectivity index (χ1v) is 6.25. The van der Waals surface area contributed by atoms with Crippen molar-refractivity contribution < 1.29 is 0 Å². The highest BCUT2D eigenvalue weighted by molar-refractivity contribution is 6.28. The molecule has 2 aromatic heterocycles. The molecular weight excluding hydrogens is 238 g/mol. The van der Waals surface area contributed by atoms with E-state index in [4.69, 9.17) is 11.6 Å². The Hall–Kier alpha value is -1.36. The highest BCUT2D eigenvalue weighted by atomic mass is 35.5. The molecule has 5 nitrogen and oxygen atoms in total. The molecule has 2 aromatic rings. The summed E-state index contributed by atoms with van der Waals surface area (Å²) in [5.41, 5.74) is 0.690. The third kappa shape index (κ3) is 2.49. The van der Waals surface area contributed by atoms with Gasteiger partial charge in [-0.25, -0.2) is 0 Å². The van der Waals surface area contributed by atoms with Crippen LogP contribution in [0.15, 0.2) is 6.20 Å². The van der Waals surface area contributed by atoms with Gasteiger partial charge in [-0.05, 0) is 24.9 Å². The quantitative estimate of drug-likeness (QED) is 0.833. The predicted molar refractivity (Wildman–Crippen MR) is 69.5 cm³/mol. The van der Waals surface area contributed by atoms with Gasteiger partial charge in [0.15, 0.2) is 5.65 Å². The number of unbranched alkanes of at least 4 members (excludes halogenated alkanes) is 1. The molecule has 0 aliphatic rings. The number of rotatable bonds is 5. The molecule has 0 radical (unpaired) electrons. The number of nitrogens with zero attached hydrogens (tertiary/aromatic N) is 4. The first kappa shape index (κ1) is 12.1. The van der Waals surface area contributed by atoms with Gasteiger partial charge in [0.1, 0.15) is 5.82 Å². The summed E-state index contributed by atoms with van der Waals surface area (Å²) in [6.45, 7) is 6.15. The average molecular weight is 254 g/mol. The Bertz CT molecular complexity index is 496. The number of nitrogens with one attached hydrogen (secondary N) is 1. The zero-order valence-electron chi connectivity index (χ0n) is 10.1. The Kier molecular flexibility index (Phi) is 3.78. The van der Waals surface area contributed by atoms with Crippen molar-refractivity contribution in [3.63, 3.8) is 0 Å². The van der Waals surface area contributed by atoms with E-state index in [2.05, 4.69) is 38.9 Å². The normalized spacial score (nSPS) is 11.0. The molecule has 2 rings (SSSR count). The molecule has 0 aliphatic heterocycles. The largest absolute Gasteiger partial charge is 0.356 e. The lowest BCUT2D eigenvalue weighted by molar-refractivity contribution is 0.726. The van der Waals surface area contributed by atoms with E-state index in [1.54, 1.807) is 6.20 Å². The lowest BCUT2D eigenvalue weighted by Gasteiger charge is -2.22. The Morgan fingerprint density at radius 3 is 2.88 bits per heavy atom. The van der Waals surface area contributed by atoms with Crippen molar-refractivity contribution in [2.45, 2.75) is 26.7 Å². The molecule has 17 heavy (non-hydrogen) atoms. The number of halogens is 1. The van der Waals surface area contributed by atoms with Crippen molar-refractivity contribution in [2.24, 2.45) is 0 Å². The fourth-order valence-electron chi connectivity index (χ4n) is 1.80. The number of aromatic amines is 1. The molecule has 0 atom stereocenters. The molecule has 0 fully saturated rings. The van der Waals surface area contributed by atoms with Crippen LogP contribution >= 0.6 is 11.6 Å². The fraction of sp³-hybridized carbons (Fsp3) is 0.545. The van der Waals surface area contributed by atoms with Gasteiger partial charge in [-0.1, -0.05) is 13.3 Å². The molecular formula is C11H16ClN5. The monoisotopic (exact) mass is 253 g/mol. The smallest absolute Gasteiger partial charge is 0.226 e. The van der Waals surface area contributed by atoms with Crippen molar-refractivity contribution in [1.82, 2.24) is 20.2 Å². The van der Waals surface area contributed by atoms with Gasteiger partial charge >= 0.3 is 0 Å². The molecule has 0 aromatic carbocycles. The Morgan fingerprint density at radius 1 is 1.35 bits per heavy atom. The van der Waals surface area contributed by atoms with Gasteiger partial charge in [0.05, 0.1) is 11.6 Å². The summed E-state index contributed by atoms with van der Waals surface area (Å²) in [6, 6.07) is 0. The van der Waals surface area contributed by atoms with Crippen LogP contribution in [0, 0.1) is 0 Å². The van der Waals surface area contributed by atoms with Gasteiger partial charge in [0.2, 0.25) is 5.28 Å². The molecule has 1 N–H and O–H groups in total. The van der Waals surface area contributed by atoms with E-state index in [0.717, 1.165) is 37.1 Å². The highest BCUT2D eigenvalue weighted by Gasteiger charge is 2.13. The topological polar surface area (TPSA) is 57.7 Å². The third-order valence-electron chi connectivity index (χ3n) is 2.73. The maximum Gasteiger partial charge on any atom is 0.226 e. The van der Waals surface area contributed by atoms with Gasteiger partial charge in [-0.15, -0.1) is 0 Å². The summed E-state index contributed by atoms with van der Waals surface area (Å²) in [5.74, 6) is 0.865. The van der Waals surface area contributed by atoms with E-state index in [0.29, 0.717) is 5.65 Å². The van der Waals surface area contributed by atoms with Crippen LogP contribution in [0.1, 0.15) is 26.7 Å². The van der Waals surface area contributed by atoms with Crippen molar-refractivity contribution in [3.05, 3.63) is 11.5 Å². The number of hydrogen-bond acceptors (Lipinski definition) is 4. The van der Waals surface area contributed by atoms with Gasteiger partial charge in [0.25, 0.3) is 0 Å². The van der Waals surface area contributed by atoms with E-state index in [-0.39, 0.29) is 5.28 Å². The summed E-state index contributed by atoms with van der Waals surface area (Å²) in [6.07, 6.45) is 4.04. The Morgan fingerprint density at radius 2 is 2.18 bits per heavy atom. The van der Waals surface area contributed by atoms with E-state index >= 15 is 0 Å². The Balaban J connectivity index is 2.40. The van der Waals surface area contributed by atoms with Gasteiger partial charge < -0.3 is 4.90 Å². The van der Waals surface area contributed by atoms with E-state index in [1.807, 2.05) is 0 Å². The van der Waals surface area contributed by atoms with Crippen LogP contribution in [-0.2, 0) is 0 Å². The van der Waals surface area contributed by atoms with Crippen LogP contribution in [0.2, 0.25) is 5.28 Å². The zero-order valence-corrected chi connectivity index (χ0v) is 10.8. The molecule has 0 unspecified atom stereocenters. The summed E-state index contributed by atoms with van der Waals surface area (Å²) >= 11 is 5.92. The molecule has 0 amide bonds. The molecule has 6 heteroatoms. The van der Waals surface area contributed by atoms with Crippen molar-refractivity contribution in [3.8, 4) is 0 Å². The van der Waals surface area contributed by atoms with Crippen LogP contribution in [0.4, 0.5) is 5.82 Å². The average Bonchev–Trinajstić information content (AvgIpc) is 2.77. The second-order valence-electron chi connectivity index (χ2n) is 3.88. The minimum Gasteiger partial charge on any atom is -0.356 e. The molecule has 92 valence electrons. The summed E-state index contributed by atoms with van der Waals surface area (Å²) in [5, 5.41) is 7.99. The standard InChI is InChI=1S/C11H16ClN5/c1-3-5-6-17(4-2)10-8-7-13-16-9(8)14-11(12)15-10/h7H,3-6H2,1-2H3,(H,13,14,15,16). The van der Waals surface area contributed by atoms with Crippen molar-refractivity contribution in [1.29, 1.82) is 0 Å². The molecule has 0 aliphatic carbocycles. The van der Waals surface area contributed by atoms with E-state index in [1.165, 1.54) is 0 Å². The minimum atomic E-state index is 0.256. The van der Waals surface area contributed by atoms with Crippen LogP contribution in [0.5, 0.6) is 0 Å².